The maximum absolute atomic E-state index is 10.4. The van der Waals surface area contributed by atoms with E-state index in [0.717, 1.165) is 24.5 Å². The normalized spacial score (nSPS) is 10.7. The number of nitrogens with zero attached hydrogens (tertiary/aromatic N) is 2. The average Bonchev–Trinajstić information content (AvgIpc) is 2.16. The predicted molar refractivity (Wildman–Crippen MR) is 62.2 cm³/mol. The number of pyridine rings is 1. The number of aliphatic carboxylic acids is 1. The van der Waals surface area contributed by atoms with Crippen LogP contribution in [0.25, 0.3) is 0 Å². The summed E-state index contributed by atoms with van der Waals surface area (Å²) in [6.45, 7) is 3.51. The second kappa shape index (κ2) is 6.23. The van der Waals surface area contributed by atoms with Crippen molar-refractivity contribution in [1.82, 2.24) is 9.88 Å². The highest BCUT2D eigenvalue weighted by Gasteiger charge is 2.03. The molecule has 0 radical (unpaired) electrons. The molecule has 0 aliphatic heterocycles. The Morgan fingerprint density at radius 3 is 2.88 bits per heavy atom. The van der Waals surface area contributed by atoms with Crippen molar-refractivity contribution < 1.29 is 9.90 Å². The molecule has 88 valence electrons. The summed E-state index contributed by atoms with van der Waals surface area (Å²) in [6, 6.07) is 5.94. The molecule has 16 heavy (non-hydrogen) atoms. The molecule has 0 amide bonds. The van der Waals surface area contributed by atoms with Crippen molar-refractivity contribution in [1.29, 1.82) is 0 Å². The second-order valence-electron chi connectivity index (χ2n) is 4.01. The SMILES string of the molecule is Cc1cccc(CN(C)CCCC(=O)O)n1. The molecular weight excluding hydrogens is 204 g/mol. The zero-order valence-electron chi connectivity index (χ0n) is 9.81. The number of aryl methyl sites for hydroxylation is 1. The number of carbonyl (C=O) groups is 1. The maximum atomic E-state index is 10.4. The minimum Gasteiger partial charge on any atom is -0.481 e. The highest BCUT2D eigenvalue weighted by Crippen LogP contribution is 2.03. The molecule has 0 fully saturated rings. The molecule has 0 atom stereocenters. The Morgan fingerprint density at radius 1 is 1.50 bits per heavy atom. The van der Waals surface area contributed by atoms with Gasteiger partial charge in [-0.15, -0.1) is 0 Å². The van der Waals surface area contributed by atoms with Crippen molar-refractivity contribution in [2.24, 2.45) is 0 Å². The first-order valence-electron chi connectivity index (χ1n) is 5.41. The summed E-state index contributed by atoms with van der Waals surface area (Å²) in [5, 5.41) is 8.52. The van der Waals surface area contributed by atoms with Crippen LogP contribution in [0.4, 0.5) is 0 Å². The molecule has 1 N–H and O–H groups in total. The van der Waals surface area contributed by atoms with Crippen molar-refractivity contribution in [3.8, 4) is 0 Å². The van der Waals surface area contributed by atoms with Gasteiger partial charge in [0.15, 0.2) is 0 Å². The third-order valence-electron chi connectivity index (χ3n) is 2.31. The van der Waals surface area contributed by atoms with Gasteiger partial charge in [0.25, 0.3) is 0 Å². The fourth-order valence-electron chi connectivity index (χ4n) is 1.54. The summed E-state index contributed by atoms with van der Waals surface area (Å²) in [5.74, 6) is -0.734. The molecule has 1 aromatic heterocycles. The molecule has 0 spiro atoms. The summed E-state index contributed by atoms with van der Waals surface area (Å²) in [6.07, 6.45) is 0.906. The maximum Gasteiger partial charge on any atom is 0.303 e. The van der Waals surface area contributed by atoms with E-state index in [9.17, 15) is 4.79 Å². The summed E-state index contributed by atoms with van der Waals surface area (Å²) in [5.41, 5.74) is 2.04. The van der Waals surface area contributed by atoms with Gasteiger partial charge in [-0.3, -0.25) is 9.78 Å². The number of carboxylic acids is 1. The lowest BCUT2D eigenvalue weighted by Gasteiger charge is -2.15. The summed E-state index contributed by atoms with van der Waals surface area (Å²) in [7, 11) is 1.98. The van der Waals surface area contributed by atoms with Gasteiger partial charge in [-0.2, -0.15) is 0 Å². The van der Waals surface area contributed by atoms with Gasteiger partial charge in [0, 0.05) is 18.7 Å². The van der Waals surface area contributed by atoms with Crippen LogP contribution < -0.4 is 0 Å². The summed E-state index contributed by atoms with van der Waals surface area (Å²) >= 11 is 0. The third kappa shape index (κ3) is 4.89. The van der Waals surface area contributed by atoms with Gasteiger partial charge >= 0.3 is 5.97 Å². The fraction of sp³-hybridized carbons (Fsp3) is 0.500. The first-order valence-corrected chi connectivity index (χ1v) is 5.41. The van der Waals surface area contributed by atoms with Crippen molar-refractivity contribution in [3.05, 3.63) is 29.6 Å². The van der Waals surface area contributed by atoms with Gasteiger partial charge in [0.1, 0.15) is 0 Å². The standard InChI is InChI=1S/C12H18N2O2/c1-10-5-3-6-11(13-10)9-14(2)8-4-7-12(15)16/h3,5-6H,4,7-9H2,1-2H3,(H,15,16). The first-order chi connectivity index (χ1) is 7.58. The average molecular weight is 222 g/mol. The lowest BCUT2D eigenvalue weighted by Crippen LogP contribution is -2.20. The Hall–Kier alpha value is -1.42. The topological polar surface area (TPSA) is 53.4 Å². The molecule has 1 rings (SSSR count). The molecule has 0 saturated carbocycles. The molecule has 0 bridgehead atoms. The van der Waals surface area contributed by atoms with Crippen LogP contribution >= 0.6 is 0 Å². The van der Waals surface area contributed by atoms with Gasteiger partial charge in [0.05, 0.1) is 5.69 Å². The van der Waals surface area contributed by atoms with E-state index in [1.54, 1.807) is 0 Å². The number of hydrogen-bond donors (Lipinski definition) is 1. The molecule has 0 saturated heterocycles. The van der Waals surface area contributed by atoms with Gasteiger partial charge in [-0.25, -0.2) is 0 Å². The first kappa shape index (κ1) is 12.6. The molecule has 4 heteroatoms. The largest absolute Gasteiger partial charge is 0.481 e. The zero-order chi connectivity index (χ0) is 12.0. The Kier molecular flexibility index (Phi) is 4.92. The van der Waals surface area contributed by atoms with E-state index < -0.39 is 5.97 Å². The zero-order valence-corrected chi connectivity index (χ0v) is 9.81. The van der Waals surface area contributed by atoms with Crippen LogP contribution in [0.5, 0.6) is 0 Å². The number of rotatable bonds is 6. The molecule has 0 aromatic carbocycles. The van der Waals surface area contributed by atoms with Crippen LogP contribution in [-0.2, 0) is 11.3 Å². The highest BCUT2D eigenvalue weighted by atomic mass is 16.4. The van der Waals surface area contributed by atoms with Crippen LogP contribution in [0.1, 0.15) is 24.2 Å². The minimum absolute atomic E-state index is 0.228. The van der Waals surface area contributed by atoms with Gasteiger partial charge in [-0.1, -0.05) is 6.07 Å². The Morgan fingerprint density at radius 2 is 2.25 bits per heavy atom. The van der Waals surface area contributed by atoms with Gasteiger partial charge in [-0.05, 0) is 39.1 Å². The number of carboxylic acid groups (broad SMARTS) is 1. The van der Waals surface area contributed by atoms with Gasteiger partial charge < -0.3 is 10.0 Å². The van der Waals surface area contributed by atoms with Crippen LogP contribution in [-0.4, -0.2) is 34.6 Å². The van der Waals surface area contributed by atoms with E-state index >= 15 is 0 Å². The smallest absolute Gasteiger partial charge is 0.303 e. The van der Waals surface area contributed by atoms with E-state index in [2.05, 4.69) is 9.88 Å². The molecular formula is C12H18N2O2. The van der Waals surface area contributed by atoms with Crippen molar-refractivity contribution in [2.75, 3.05) is 13.6 Å². The minimum atomic E-state index is -0.734. The van der Waals surface area contributed by atoms with Crippen LogP contribution in [0.2, 0.25) is 0 Å². The molecule has 0 aliphatic rings. The lowest BCUT2D eigenvalue weighted by molar-refractivity contribution is -0.137. The van der Waals surface area contributed by atoms with Crippen LogP contribution in [0.15, 0.2) is 18.2 Å². The van der Waals surface area contributed by atoms with E-state index in [-0.39, 0.29) is 6.42 Å². The van der Waals surface area contributed by atoms with Crippen LogP contribution in [0, 0.1) is 6.92 Å². The van der Waals surface area contributed by atoms with E-state index in [1.165, 1.54) is 0 Å². The number of hydrogen-bond acceptors (Lipinski definition) is 3. The second-order valence-corrected chi connectivity index (χ2v) is 4.01. The van der Waals surface area contributed by atoms with Crippen LogP contribution in [0.3, 0.4) is 0 Å². The monoisotopic (exact) mass is 222 g/mol. The molecule has 4 nitrogen and oxygen atoms in total. The van der Waals surface area contributed by atoms with E-state index in [4.69, 9.17) is 5.11 Å². The number of aromatic nitrogens is 1. The van der Waals surface area contributed by atoms with E-state index in [1.807, 2.05) is 32.2 Å². The molecule has 1 aromatic rings. The quantitative estimate of drug-likeness (QED) is 0.795. The van der Waals surface area contributed by atoms with E-state index in [0.29, 0.717) is 6.42 Å². The van der Waals surface area contributed by atoms with Crippen molar-refractivity contribution >= 4 is 5.97 Å². The summed E-state index contributed by atoms with van der Waals surface area (Å²) < 4.78 is 0. The Bertz CT molecular complexity index is 353. The van der Waals surface area contributed by atoms with Crippen molar-refractivity contribution in [2.45, 2.75) is 26.3 Å². The fourth-order valence-corrected chi connectivity index (χ4v) is 1.54. The molecule has 1 heterocycles. The Labute approximate surface area is 95.9 Å². The molecule has 0 unspecified atom stereocenters. The summed E-state index contributed by atoms with van der Waals surface area (Å²) in [4.78, 5) is 16.8. The highest BCUT2D eigenvalue weighted by molar-refractivity contribution is 5.66. The molecule has 0 aliphatic carbocycles. The Balaban J connectivity index is 2.33. The van der Waals surface area contributed by atoms with Gasteiger partial charge in [0.2, 0.25) is 0 Å². The van der Waals surface area contributed by atoms with Crippen molar-refractivity contribution in [3.63, 3.8) is 0 Å². The lowest BCUT2D eigenvalue weighted by atomic mass is 10.2. The predicted octanol–water partition coefficient (Wildman–Crippen LogP) is 1.69. The third-order valence-corrected chi connectivity index (χ3v) is 2.31.